The summed E-state index contributed by atoms with van der Waals surface area (Å²) in [4.78, 5) is 25.5. The van der Waals surface area contributed by atoms with E-state index < -0.39 is 16.8 Å². The maximum absolute atomic E-state index is 12.8. The van der Waals surface area contributed by atoms with Crippen molar-refractivity contribution in [1.82, 2.24) is 5.32 Å². The number of benzene rings is 3. The van der Waals surface area contributed by atoms with Crippen molar-refractivity contribution in [2.45, 2.75) is 30.7 Å². The SMILES string of the molecule is COc1ccc(CCC(C)NCC(=O)c2ccc(OC(=O)c3ccccc3)c(S(C)=O)c2)cc1Br. The Hall–Kier alpha value is -2.81. The summed E-state index contributed by atoms with van der Waals surface area (Å²) in [6, 6.07) is 19.3. The molecule has 1 N–H and O–H groups in total. The van der Waals surface area contributed by atoms with Gasteiger partial charge in [-0.05, 0) is 83.7 Å². The van der Waals surface area contributed by atoms with Gasteiger partial charge in [-0.15, -0.1) is 0 Å². The molecule has 0 aliphatic heterocycles. The highest BCUT2D eigenvalue weighted by atomic mass is 79.9. The summed E-state index contributed by atoms with van der Waals surface area (Å²) >= 11 is 3.50. The third-order valence-electron chi connectivity index (χ3n) is 5.48. The average Bonchev–Trinajstić information content (AvgIpc) is 2.86. The van der Waals surface area contributed by atoms with Crippen molar-refractivity contribution >= 4 is 38.5 Å². The topological polar surface area (TPSA) is 81.7 Å². The van der Waals surface area contributed by atoms with Gasteiger partial charge in [0.15, 0.2) is 5.78 Å². The standard InChI is InChI=1S/C27H28BrNO5S/c1-18(9-10-19-11-13-24(33-2)22(28)15-19)29-17-23(30)21-12-14-25(26(16-21)35(3)32)34-27(31)20-7-5-4-6-8-20/h4-8,11-16,18,29H,9-10,17H2,1-3H3. The van der Waals surface area contributed by atoms with Crippen LogP contribution in [-0.2, 0) is 17.2 Å². The van der Waals surface area contributed by atoms with Crippen molar-refractivity contribution in [3.05, 3.63) is 87.9 Å². The lowest BCUT2D eigenvalue weighted by Crippen LogP contribution is -2.32. The lowest BCUT2D eigenvalue weighted by Gasteiger charge is -2.14. The normalized spacial score (nSPS) is 12.6. The molecule has 3 aromatic carbocycles. The fourth-order valence-electron chi connectivity index (χ4n) is 3.44. The number of carbonyl (C=O) groups excluding carboxylic acids is 2. The van der Waals surface area contributed by atoms with E-state index in [-0.39, 0.29) is 24.1 Å². The van der Waals surface area contributed by atoms with Crippen LogP contribution in [-0.4, -0.2) is 41.9 Å². The predicted molar refractivity (Wildman–Crippen MR) is 141 cm³/mol. The molecule has 3 rings (SSSR count). The molecule has 2 atom stereocenters. The van der Waals surface area contributed by atoms with Gasteiger partial charge in [-0.25, -0.2) is 4.79 Å². The number of hydrogen-bond donors (Lipinski definition) is 1. The van der Waals surface area contributed by atoms with E-state index in [4.69, 9.17) is 9.47 Å². The second kappa shape index (κ2) is 12.8. The molecule has 0 amide bonds. The number of nitrogens with one attached hydrogen (secondary N) is 1. The molecule has 0 heterocycles. The number of aryl methyl sites for hydroxylation is 1. The average molecular weight is 558 g/mol. The first-order valence-electron chi connectivity index (χ1n) is 11.1. The van der Waals surface area contributed by atoms with Crippen LogP contribution in [0.1, 0.15) is 39.6 Å². The first kappa shape index (κ1) is 26.8. The molecule has 0 saturated heterocycles. The van der Waals surface area contributed by atoms with Gasteiger partial charge in [-0.3, -0.25) is 9.00 Å². The number of ketones is 1. The Balaban J connectivity index is 1.58. The minimum Gasteiger partial charge on any atom is -0.496 e. The second-order valence-corrected chi connectivity index (χ2v) is 10.3. The number of Topliss-reactive ketones (excluding diaryl/α,β-unsaturated/α-hetero) is 1. The van der Waals surface area contributed by atoms with E-state index in [1.807, 2.05) is 25.1 Å². The lowest BCUT2D eigenvalue weighted by atomic mass is 10.1. The highest BCUT2D eigenvalue weighted by Crippen LogP contribution is 2.26. The summed E-state index contributed by atoms with van der Waals surface area (Å²) in [5, 5.41) is 3.26. The van der Waals surface area contributed by atoms with Crippen molar-refractivity contribution in [1.29, 1.82) is 0 Å². The number of hydrogen-bond acceptors (Lipinski definition) is 6. The molecule has 0 aromatic heterocycles. The van der Waals surface area contributed by atoms with Crippen LogP contribution in [0.2, 0.25) is 0 Å². The zero-order valence-corrected chi connectivity index (χ0v) is 22.3. The van der Waals surface area contributed by atoms with E-state index >= 15 is 0 Å². The number of rotatable bonds is 11. The summed E-state index contributed by atoms with van der Waals surface area (Å²) in [7, 11) is 0.189. The molecule has 8 heteroatoms. The predicted octanol–water partition coefficient (Wildman–Crippen LogP) is 5.21. The van der Waals surface area contributed by atoms with Crippen LogP contribution >= 0.6 is 15.9 Å². The Bertz CT molecular complexity index is 1220. The van der Waals surface area contributed by atoms with Gasteiger partial charge in [-0.1, -0.05) is 24.3 Å². The van der Waals surface area contributed by atoms with Gasteiger partial charge in [-0.2, -0.15) is 0 Å². The van der Waals surface area contributed by atoms with Gasteiger partial charge < -0.3 is 14.8 Å². The number of methoxy groups -OCH3 is 1. The lowest BCUT2D eigenvalue weighted by molar-refractivity contribution is 0.0730. The summed E-state index contributed by atoms with van der Waals surface area (Å²) in [5.41, 5.74) is 1.97. The van der Waals surface area contributed by atoms with Gasteiger partial charge in [0.1, 0.15) is 11.5 Å². The molecule has 6 nitrogen and oxygen atoms in total. The molecule has 0 bridgehead atoms. The van der Waals surface area contributed by atoms with Crippen molar-refractivity contribution < 1.29 is 23.3 Å². The molecule has 0 radical (unpaired) electrons. The van der Waals surface area contributed by atoms with Crippen LogP contribution < -0.4 is 14.8 Å². The van der Waals surface area contributed by atoms with Crippen LogP contribution in [0, 0.1) is 0 Å². The zero-order valence-electron chi connectivity index (χ0n) is 19.9. The van der Waals surface area contributed by atoms with Crippen molar-refractivity contribution in [2.24, 2.45) is 0 Å². The van der Waals surface area contributed by atoms with Crippen LogP contribution in [0.25, 0.3) is 0 Å². The Kier molecular flexibility index (Phi) is 9.77. The molecule has 0 fully saturated rings. The van der Waals surface area contributed by atoms with E-state index in [2.05, 4.69) is 21.2 Å². The summed E-state index contributed by atoms with van der Waals surface area (Å²) in [5.74, 6) is 0.300. The van der Waals surface area contributed by atoms with Gasteiger partial charge in [0.25, 0.3) is 0 Å². The molecular weight excluding hydrogens is 530 g/mol. The molecule has 184 valence electrons. The molecule has 35 heavy (non-hydrogen) atoms. The van der Waals surface area contributed by atoms with Crippen LogP contribution in [0.5, 0.6) is 11.5 Å². The number of carbonyl (C=O) groups is 2. The van der Waals surface area contributed by atoms with Crippen LogP contribution in [0.15, 0.2) is 76.1 Å². The smallest absolute Gasteiger partial charge is 0.343 e. The number of halogens is 1. The minimum atomic E-state index is -1.44. The molecule has 2 unspecified atom stereocenters. The van der Waals surface area contributed by atoms with Gasteiger partial charge in [0, 0.05) is 17.9 Å². The van der Waals surface area contributed by atoms with E-state index in [9.17, 15) is 13.8 Å². The first-order chi connectivity index (χ1) is 16.8. The maximum atomic E-state index is 12.8. The zero-order chi connectivity index (χ0) is 25.4. The van der Waals surface area contributed by atoms with Crippen LogP contribution in [0.4, 0.5) is 0 Å². The second-order valence-electron chi connectivity index (χ2n) is 8.08. The largest absolute Gasteiger partial charge is 0.496 e. The highest BCUT2D eigenvalue weighted by molar-refractivity contribution is 9.10. The molecule has 3 aromatic rings. The third-order valence-corrected chi connectivity index (χ3v) is 7.04. The molecule has 0 aliphatic carbocycles. The highest BCUT2D eigenvalue weighted by Gasteiger charge is 2.17. The van der Waals surface area contributed by atoms with E-state index in [1.54, 1.807) is 43.5 Å². The van der Waals surface area contributed by atoms with Crippen LogP contribution in [0.3, 0.4) is 0 Å². The fraction of sp³-hybridized carbons (Fsp3) is 0.259. The van der Waals surface area contributed by atoms with E-state index in [0.29, 0.717) is 16.0 Å². The molecular formula is C27H28BrNO5S. The summed E-state index contributed by atoms with van der Waals surface area (Å²) in [6.45, 7) is 2.18. The van der Waals surface area contributed by atoms with E-state index in [0.717, 1.165) is 23.1 Å². The van der Waals surface area contributed by atoms with Crippen molar-refractivity contribution in [3.63, 3.8) is 0 Å². The van der Waals surface area contributed by atoms with Gasteiger partial charge in [0.05, 0.1) is 39.4 Å². The molecule has 0 aliphatic rings. The fourth-order valence-corrected chi connectivity index (χ4v) is 4.72. The quantitative estimate of drug-likeness (QED) is 0.198. The third kappa shape index (κ3) is 7.59. The Morgan fingerprint density at radius 2 is 1.71 bits per heavy atom. The van der Waals surface area contributed by atoms with Crippen molar-refractivity contribution in [3.8, 4) is 11.5 Å². The van der Waals surface area contributed by atoms with Gasteiger partial charge in [0.2, 0.25) is 0 Å². The summed E-state index contributed by atoms with van der Waals surface area (Å²) < 4.78 is 23.9. The monoisotopic (exact) mass is 557 g/mol. The maximum Gasteiger partial charge on any atom is 0.343 e. The van der Waals surface area contributed by atoms with E-state index in [1.165, 1.54) is 24.0 Å². The minimum absolute atomic E-state index is 0.116. The molecule has 0 saturated carbocycles. The Morgan fingerprint density at radius 3 is 2.37 bits per heavy atom. The Morgan fingerprint density at radius 1 is 1.00 bits per heavy atom. The summed E-state index contributed by atoms with van der Waals surface area (Å²) in [6.07, 6.45) is 3.19. The first-order valence-corrected chi connectivity index (χ1v) is 13.5. The van der Waals surface area contributed by atoms with Gasteiger partial charge >= 0.3 is 5.97 Å². The van der Waals surface area contributed by atoms with Crippen molar-refractivity contribution in [2.75, 3.05) is 19.9 Å². The molecule has 0 spiro atoms. The number of ether oxygens (including phenoxy) is 2. The number of esters is 1. The Labute approximate surface area is 216 Å².